The summed E-state index contributed by atoms with van der Waals surface area (Å²) in [6.45, 7) is 7.74. The van der Waals surface area contributed by atoms with E-state index in [9.17, 15) is 4.39 Å². The minimum Gasteiger partial charge on any atom is -0.380 e. The second-order valence-corrected chi connectivity index (χ2v) is 6.28. The summed E-state index contributed by atoms with van der Waals surface area (Å²) in [6, 6.07) is 13.5. The maximum Gasteiger partial charge on any atom is 0.192 e. The van der Waals surface area contributed by atoms with Gasteiger partial charge < -0.3 is 15.4 Å². The van der Waals surface area contributed by atoms with Gasteiger partial charge in [0.2, 0.25) is 0 Å². The fourth-order valence-electron chi connectivity index (χ4n) is 2.84. The number of hydrogen-bond donors (Lipinski definition) is 2. The number of methoxy groups -OCH3 is 1. The Morgan fingerprint density at radius 2 is 2.00 bits per heavy atom. The normalized spacial score (nSPS) is 12.7. The number of rotatable bonds is 7. The van der Waals surface area contributed by atoms with E-state index in [-0.39, 0.29) is 18.5 Å². The Kier molecular flexibility index (Phi) is 7.60. The molecule has 2 aromatic rings. The summed E-state index contributed by atoms with van der Waals surface area (Å²) in [5.41, 5.74) is 3.97. The van der Waals surface area contributed by atoms with Gasteiger partial charge in [0, 0.05) is 19.2 Å². The van der Waals surface area contributed by atoms with Crippen LogP contribution < -0.4 is 10.6 Å². The van der Waals surface area contributed by atoms with Gasteiger partial charge in [-0.25, -0.2) is 9.38 Å². The van der Waals surface area contributed by atoms with Crippen molar-refractivity contribution < 1.29 is 9.13 Å². The third kappa shape index (κ3) is 5.56. The number of nitrogens with zero attached hydrogens (tertiary/aromatic N) is 1. The third-order valence-corrected chi connectivity index (χ3v) is 4.18. The molecule has 5 heteroatoms. The molecule has 2 rings (SSSR count). The fraction of sp³-hybridized carbons (Fsp3) is 0.381. The lowest BCUT2D eigenvalue weighted by atomic mass is 10.0. The van der Waals surface area contributed by atoms with Crippen molar-refractivity contribution >= 4 is 5.96 Å². The molecule has 0 amide bonds. The average Bonchev–Trinajstić information content (AvgIpc) is 2.62. The van der Waals surface area contributed by atoms with E-state index in [2.05, 4.69) is 41.6 Å². The Bertz CT molecular complexity index is 746. The molecule has 26 heavy (non-hydrogen) atoms. The lowest BCUT2D eigenvalue weighted by molar-refractivity contribution is 0.181. The smallest absolute Gasteiger partial charge is 0.192 e. The highest BCUT2D eigenvalue weighted by atomic mass is 19.1. The standard InChI is InChI=1S/C21H28FN3O/c1-5-23-21(25-16(3)19-9-7-6-8-15(19)2)24-13-17-10-11-20(22)18(12-17)14-26-4/h6-12,16H,5,13-14H2,1-4H3,(H2,23,24,25). The number of halogens is 1. The number of guanidine groups is 1. The van der Waals surface area contributed by atoms with Crippen molar-refractivity contribution in [2.24, 2.45) is 4.99 Å². The van der Waals surface area contributed by atoms with Crippen LogP contribution in [0.2, 0.25) is 0 Å². The van der Waals surface area contributed by atoms with E-state index in [0.29, 0.717) is 12.1 Å². The van der Waals surface area contributed by atoms with E-state index in [1.165, 1.54) is 17.2 Å². The number of aliphatic imine (C=N–C) groups is 1. The number of benzene rings is 2. The predicted octanol–water partition coefficient (Wildman–Crippen LogP) is 4.10. The molecular weight excluding hydrogens is 329 g/mol. The maximum absolute atomic E-state index is 13.7. The first-order chi connectivity index (χ1) is 12.5. The van der Waals surface area contributed by atoms with Gasteiger partial charge in [0.15, 0.2) is 5.96 Å². The molecule has 2 N–H and O–H groups in total. The molecule has 0 aliphatic rings. The second kappa shape index (κ2) is 9.92. The van der Waals surface area contributed by atoms with Gasteiger partial charge in [-0.3, -0.25) is 0 Å². The molecule has 0 fully saturated rings. The monoisotopic (exact) mass is 357 g/mol. The maximum atomic E-state index is 13.7. The molecule has 0 saturated heterocycles. The molecule has 2 aromatic carbocycles. The second-order valence-electron chi connectivity index (χ2n) is 6.28. The topological polar surface area (TPSA) is 45.7 Å². The molecule has 0 spiro atoms. The van der Waals surface area contributed by atoms with Crippen LogP contribution in [0.5, 0.6) is 0 Å². The van der Waals surface area contributed by atoms with Crippen molar-refractivity contribution in [1.82, 2.24) is 10.6 Å². The summed E-state index contributed by atoms with van der Waals surface area (Å²) >= 11 is 0. The van der Waals surface area contributed by atoms with Crippen LogP contribution in [0.25, 0.3) is 0 Å². The van der Waals surface area contributed by atoms with Gasteiger partial charge in [-0.2, -0.15) is 0 Å². The molecule has 1 atom stereocenters. The minimum atomic E-state index is -0.252. The largest absolute Gasteiger partial charge is 0.380 e. The van der Waals surface area contributed by atoms with Crippen LogP contribution in [0, 0.1) is 12.7 Å². The molecule has 0 bridgehead atoms. The summed E-state index contributed by atoms with van der Waals surface area (Å²) in [4.78, 5) is 4.64. The SMILES string of the molecule is CCNC(=NCc1ccc(F)c(COC)c1)NC(C)c1ccccc1C. The van der Waals surface area contributed by atoms with Gasteiger partial charge >= 0.3 is 0 Å². The summed E-state index contributed by atoms with van der Waals surface area (Å²) in [5, 5.41) is 6.70. The lowest BCUT2D eigenvalue weighted by Crippen LogP contribution is -2.38. The third-order valence-electron chi connectivity index (χ3n) is 4.18. The van der Waals surface area contributed by atoms with Crippen molar-refractivity contribution in [1.29, 1.82) is 0 Å². The Balaban J connectivity index is 2.11. The average molecular weight is 357 g/mol. The van der Waals surface area contributed by atoms with Crippen LogP contribution in [0.4, 0.5) is 4.39 Å². The van der Waals surface area contributed by atoms with Crippen LogP contribution in [-0.2, 0) is 17.9 Å². The highest BCUT2D eigenvalue weighted by molar-refractivity contribution is 5.80. The Hall–Kier alpha value is -2.40. The number of hydrogen-bond acceptors (Lipinski definition) is 2. The Labute approximate surface area is 155 Å². The van der Waals surface area contributed by atoms with E-state index in [0.717, 1.165) is 18.1 Å². The zero-order chi connectivity index (χ0) is 18.9. The molecule has 0 saturated carbocycles. The van der Waals surface area contributed by atoms with Crippen LogP contribution in [0.1, 0.15) is 42.1 Å². The Morgan fingerprint density at radius 1 is 1.23 bits per heavy atom. The van der Waals surface area contributed by atoms with Crippen molar-refractivity contribution in [3.05, 3.63) is 70.5 Å². The zero-order valence-electron chi connectivity index (χ0n) is 16.0. The van der Waals surface area contributed by atoms with Crippen LogP contribution in [-0.4, -0.2) is 19.6 Å². The summed E-state index contributed by atoms with van der Waals surface area (Å²) in [5.74, 6) is 0.485. The van der Waals surface area contributed by atoms with Crippen molar-refractivity contribution in [3.8, 4) is 0 Å². The quantitative estimate of drug-likeness (QED) is 0.579. The van der Waals surface area contributed by atoms with E-state index >= 15 is 0 Å². The number of nitrogens with one attached hydrogen (secondary N) is 2. The lowest BCUT2D eigenvalue weighted by Gasteiger charge is -2.19. The van der Waals surface area contributed by atoms with Gasteiger partial charge in [-0.1, -0.05) is 30.3 Å². The molecule has 0 aliphatic carbocycles. The molecule has 0 aliphatic heterocycles. The Morgan fingerprint density at radius 3 is 2.69 bits per heavy atom. The molecule has 4 nitrogen and oxygen atoms in total. The highest BCUT2D eigenvalue weighted by Crippen LogP contribution is 2.17. The molecule has 1 unspecified atom stereocenters. The van der Waals surface area contributed by atoms with Gasteiger partial charge in [0.25, 0.3) is 0 Å². The molecule has 0 aromatic heterocycles. The van der Waals surface area contributed by atoms with Crippen molar-refractivity contribution in [3.63, 3.8) is 0 Å². The van der Waals surface area contributed by atoms with Crippen molar-refractivity contribution in [2.75, 3.05) is 13.7 Å². The van der Waals surface area contributed by atoms with Gasteiger partial charge in [-0.15, -0.1) is 0 Å². The molecular formula is C21H28FN3O. The first-order valence-corrected chi connectivity index (χ1v) is 8.91. The predicted molar refractivity (Wildman–Crippen MR) is 105 cm³/mol. The molecule has 0 radical (unpaired) electrons. The van der Waals surface area contributed by atoms with E-state index in [4.69, 9.17) is 4.74 Å². The van der Waals surface area contributed by atoms with Gasteiger partial charge in [0.1, 0.15) is 5.82 Å². The number of ether oxygens (including phenoxy) is 1. The van der Waals surface area contributed by atoms with Crippen LogP contribution in [0.15, 0.2) is 47.5 Å². The molecule has 0 heterocycles. The van der Waals surface area contributed by atoms with Gasteiger partial charge in [-0.05, 0) is 49.6 Å². The first kappa shape index (κ1) is 19.9. The van der Waals surface area contributed by atoms with Crippen LogP contribution >= 0.6 is 0 Å². The zero-order valence-corrected chi connectivity index (χ0v) is 16.0. The summed E-state index contributed by atoms with van der Waals surface area (Å²) in [6.07, 6.45) is 0. The van der Waals surface area contributed by atoms with Crippen LogP contribution in [0.3, 0.4) is 0 Å². The molecule has 140 valence electrons. The van der Waals surface area contributed by atoms with Crippen molar-refractivity contribution in [2.45, 2.75) is 40.0 Å². The van der Waals surface area contributed by atoms with Gasteiger partial charge in [0.05, 0.1) is 19.2 Å². The number of aryl methyl sites for hydroxylation is 1. The first-order valence-electron chi connectivity index (χ1n) is 8.91. The van der Waals surface area contributed by atoms with E-state index < -0.39 is 0 Å². The minimum absolute atomic E-state index is 0.131. The summed E-state index contributed by atoms with van der Waals surface area (Å²) < 4.78 is 18.8. The van der Waals surface area contributed by atoms with E-state index in [1.807, 2.05) is 19.1 Å². The fourth-order valence-corrected chi connectivity index (χ4v) is 2.84. The summed E-state index contributed by atoms with van der Waals surface area (Å²) in [7, 11) is 1.56. The highest BCUT2D eigenvalue weighted by Gasteiger charge is 2.10. The van der Waals surface area contributed by atoms with E-state index in [1.54, 1.807) is 19.2 Å².